The van der Waals surface area contributed by atoms with Crippen LogP contribution in [0.4, 0.5) is 5.69 Å². The van der Waals surface area contributed by atoms with Crippen LogP contribution in [0.1, 0.15) is 34.8 Å². The molecule has 0 radical (unpaired) electrons. The first kappa shape index (κ1) is 21.0. The molecule has 2 aromatic carbocycles. The highest BCUT2D eigenvalue weighted by atomic mass is 35.5. The molecule has 0 aliphatic rings. The van der Waals surface area contributed by atoms with Crippen molar-refractivity contribution in [1.82, 2.24) is 10.3 Å². The second kappa shape index (κ2) is 9.20. The molecule has 0 aliphatic heterocycles. The van der Waals surface area contributed by atoms with Gasteiger partial charge in [-0.25, -0.2) is 4.98 Å². The summed E-state index contributed by atoms with van der Waals surface area (Å²) < 4.78 is 0. The molecule has 0 unspecified atom stereocenters. The van der Waals surface area contributed by atoms with Crippen LogP contribution in [-0.4, -0.2) is 16.8 Å². The fourth-order valence-electron chi connectivity index (χ4n) is 2.66. The summed E-state index contributed by atoms with van der Waals surface area (Å²) in [7, 11) is 0. The number of nitrogens with one attached hydrogen (secondary N) is 2. The van der Waals surface area contributed by atoms with Gasteiger partial charge in [-0.2, -0.15) is 0 Å². The van der Waals surface area contributed by atoms with Crippen LogP contribution in [0.2, 0.25) is 5.02 Å². The van der Waals surface area contributed by atoms with Crippen LogP contribution in [0, 0.1) is 12.8 Å². The summed E-state index contributed by atoms with van der Waals surface area (Å²) in [6, 6.07) is 14.9. The van der Waals surface area contributed by atoms with Crippen molar-refractivity contribution in [3.8, 4) is 10.6 Å². The van der Waals surface area contributed by atoms with E-state index in [9.17, 15) is 9.59 Å². The van der Waals surface area contributed by atoms with Crippen molar-refractivity contribution in [2.24, 2.45) is 5.92 Å². The Labute approximate surface area is 179 Å². The minimum absolute atomic E-state index is 0.0417. The van der Waals surface area contributed by atoms with Crippen molar-refractivity contribution >= 4 is 40.4 Å². The molecule has 3 rings (SSSR count). The van der Waals surface area contributed by atoms with E-state index in [1.807, 2.05) is 63.2 Å². The van der Waals surface area contributed by atoms with E-state index in [0.717, 1.165) is 16.1 Å². The van der Waals surface area contributed by atoms with Crippen molar-refractivity contribution in [3.63, 3.8) is 0 Å². The molecule has 0 fully saturated rings. The Morgan fingerprint density at radius 1 is 1.14 bits per heavy atom. The molecule has 0 saturated heterocycles. The molecule has 3 aromatic rings. The summed E-state index contributed by atoms with van der Waals surface area (Å²) in [4.78, 5) is 29.6. The predicted octanol–water partition coefficient (Wildman–Crippen LogP) is 5.30. The van der Waals surface area contributed by atoms with Gasteiger partial charge < -0.3 is 10.6 Å². The van der Waals surface area contributed by atoms with Gasteiger partial charge in [-0.1, -0.05) is 49.7 Å². The smallest absolute Gasteiger partial charge is 0.263 e. The van der Waals surface area contributed by atoms with Gasteiger partial charge in [0.2, 0.25) is 5.91 Å². The van der Waals surface area contributed by atoms with Crippen LogP contribution in [0.5, 0.6) is 0 Å². The minimum Gasteiger partial charge on any atom is -0.347 e. The maximum Gasteiger partial charge on any atom is 0.263 e. The standard InChI is InChI=1S/C22H22ClN3O2S/c1-13(2)20(27)26-18-9-4-6-15(10-18)12-24-21(28)19-14(3)25-22(29-19)16-7-5-8-17(23)11-16/h4-11,13H,12H2,1-3H3,(H,24,28)(H,26,27). The van der Waals surface area contributed by atoms with Crippen LogP contribution >= 0.6 is 22.9 Å². The number of halogens is 1. The molecular formula is C22H22ClN3O2S. The van der Waals surface area contributed by atoms with Gasteiger partial charge in [-0.15, -0.1) is 11.3 Å². The largest absolute Gasteiger partial charge is 0.347 e. The number of aromatic nitrogens is 1. The van der Waals surface area contributed by atoms with Gasteiger partial charge in [-0.05, 0) is 36.8 Å². The van der Waals surface area contributed by atoms with Crippen molar-refractivity contribution < 1.29 is 9.59 Å². The molecule has 1 heterocycles. The van der Waals surface area contributed by atoms with E-state index in [4.69, 9.17) is 11.6 Å². The summed E-state index contributed by atoms with van der Waals surface area (Å²) in [5.74, 6) is -0.314. The molecule has 150 valence electrons. The van der Waals surface area contributed by atoms with Gasteiger partial charge in [0.1, 0.15) is 9.88 Å². The SMILES string of the molecule is Cc1nc(-c2cccc(Cl)c2)sc1C(=O)NCc1cccc(NC(=O)C(C)C)c1. The quantitative estimate of drug-likeness (QED) is 0.561. The zero-order chi connectivity index (χ0) is 21.0. The highest BCUT2D eigenvalue weighted by Crippen LogP contribution is 2.29. The molecule has 0 aliphatic carbocycles. The van der Waals surface area contributed by atoms with E-state index in [1.165, 1.54) is 11.3 Å². The van der Waals surface area contributed by atoms with Gasteiger partial charge in [-0.3, -0.25) is 9.59 Å². The van der Waals surface area contributed by atoms with Crippen LogP contribution in [0.15, 0.2) is 48.5 Å². The van der Waals surface area contributed by atoms with Gasteiger partial charge in [0, 0.05) is 28.7 Å². The molecule has 1 aromatic heterocycles. The topological polar surface area (TPSA) is 71.1 Å². The van der Waals surface area contributed by atoms with E-state index in [0.29, 0.717) is 27.8 Å². The van der Waals surface area contributed by atoms with Crippen molar-refractivity contribution in [3.05, 3.63) is 69.7 Å². The maximum absolute atomic E-state index is 12.7. The highest BCUT2D eigenvalue weighted by Gasteiger charge is 2.16. The molecule has 0 saturated carbocycles. The van der Waals surface area contributed by atoms with Gasteiger partial charge in [0.25, 0.3) is 5.91 Å². The van der Waals surface area contributed by atoms with E-state index < -0.39 is 0 Å². The number of hydrogen-bond donors (Lipinski definition) is 2. The average molecular weight is 428 g/mol. The van der Waals surface area contributed by atoms with Crippen LogP contribution in [-0.2, 0) is 11.3 Å². The van der Waals surface area contributed by atoms with E-state index in [2.05, 4.69) is 15.6 Å². The number of amides is 2. The van der Waals surface area contributed by atoms with Crippen LogP contribution < -0.4 is 10.6 Å². The average Bonchev–Trinajstić information content (AvgIpc) is 3.08. The number of carbonyl (C=O) groups is 2. The summed E-state index contributed by atoms with van der Waals surface area (Å²) in [5, 5.41) is 7.18. The van der Waals surface area contributed by atoms with E-state index >= 15 is 0 Å². The zero-order valence-corrected chi connectivity index (χ0v) is 18.0. The Balaban J connectivity index is 1.68. The Kier molecular flexibility index (Phi) is 6.67. The van der Waals surface area contributed by atoms with Gasteiger partial charge in [0.05, 0.1) is 5.69 Å². The predicted molar refractivity (Wildman–Crippen MR) is 118 cm³/mol. The van der Waals surface area contributed by atoms with Crippen molar-refractivity contribution in [2.75, 3.05) is 5.32 Å². The lowest BCUT2D eigenvalue weighted by Gasteiger charge is -2.10. The molecule has 2 N–H and O–H groups in total. The molecule has 7 heteroatoms. The summed E-state index contributed by atoms with van der Waals surface area (Å²) in [5.41, 5.74) is 3.18. The Bertz CT molecular complexity index is 1050. The summed E-state index contributed by atoms with van der Waals surface area (Å²) >= 11 is 7.39. The number of hydrogen-bond acceptors (Lipinski definition) is 4. The van der Waals surface area contributed by atoms with Crippen molar-refractivity contribution in [1.29, 1.82) is 0 Å². The number of thiazole rings is 1. The maximum atomic E-state index is 12.7. The van der Waals surface area contributed by atoms with E-state index in [1.54, 1.807) is 6.07 Å². The first-order valence-electron chi connectivity index (χ1n) is 9.25. The lowest BCUT2D eigenvalue weighted by molar-refractivity contribution is -0.118. The Morgan fingerprint density at radius 2 is 1.90 bits per heavy atom. The number of benzene rings is 2. The number of aryl methyl sites for hydroxylation is 1. The summed E-state index contributed by atoms with van der Waals surface area (Å²) in [6.07, 6.45) is 0. The number of rotatable bonds is 6. The van der Waals surface area contributed by atoms with Gasteiger partial charge >= 0.3 is 0 Å². The van der Waals surface area contributed by atoms with Crippen molar-refractivity contribution in [2.45, 2.75) is 27.3 Å². The lowest BCUT2D eigenvalue weighted by atomic mass is 10.1. The second-order valence-corrected chi connectivity index (χ2v) is 8.41. The third-order valence-electron chi connectivity index (χ3n) is 4.25. The molecule has 29 heavy (non-hydrogen) atoms. The number of anilines is 1. The number of carbonyl (C=O) groups excluding carboxylic acids is 2. The first-order chi connectivity index (χ1) is 13.8. The van der Waals surface area contributed by atoms with Crippen LogP contribution in [0.3, 0.4) is 0 Å². The van der Waals surface area contributed by atoms with Crippen LogP contribution in [0.25, 0.3) is 10.6 Å². The molecule has 0 bridgehead atoms. The van der Waals surface area contributed by atoms with Gasteiger partial charge in [0.15, 0.2) is 0 Å². The first-order valence-corrected chi connectivity index (χ1v) is 10.4. The fraction of sp³-hybridized carbons (Fsp3) is 0.227. The molecule has 2 amide bonds. The third-order valence-corrected chi connectivity index (χ3v) is 5.69. The fourth-order valence-corrected chi connectivity index (χ4v) is 3.83. The molecule has 0 spiro atoms. The monoisotopic (exact) mass is 427 g/mol. The zero-order valence-electron chi connectivity index (χ0n) is 16.5. The Hall–Kier alpha value is -2.70. The number of nitrogens with zero attached hydrogens (tertiary/aromatic N) is 1. The lowest BCUT2D eigenvalue weighted by Crippen LogP contribution is -2.23. The third kappa shape index (κ3) is 5.43. The van der Waals surface area contributed by atoms with E-state index in [-0.39, 0.29) is 17.7 Å². The minimum atomic E-state index is -0.176. The Morgan fingerprint density at radius 3 is 2.62 bits per heavy atom. The normalized spacial score (nSPS) is 10.8. The molecule has 0 atom stereocenters. The molecular weight excluding hydrogens is 406 g/mol. The molecule has 5 nitrogen and oxygen atoms in total. The summed E-state index contributed by atoms with van der Waals surface area (Å²) in [6.45, 7) is 5.86. The highest BCUT2D eigenvalue weighted by molar-refractivity contribution is 7.17. The second-order valence-electron chi connectivity index (χ2n) is 6.97.